The van der Waals surface area contributed by atoms with Crippen molar-refractivity contribution in [1.82, 2.24) is 5.32 Å². The van der Waals surface area contributed by atoms with Crippen molar-refractivity contribution in [1.29, 1.82) is 0 Å². The van der Waals surface area contributed by atoms with Crippen LogP contribution in [-0.2, 0) is 11.3 Å². The third-order valence-electron chi connectivity index (χ3n) is 2.51. The van der Waals surface area contributed by atoms with Crippen LogP contribution in [-0.4, -0.2) is 30.4 Å². The molecule has 2 unspecified atom stereocenters. The summed E-state index contributed by atoms with van der Waals surface area (Å²) in [6, 6.07) is 7.53. The molecule has 0 saturated carbocycles. The van der Waals surface area contributed by atoms with Crippen LogP contribution in [0.1, 0.15) is 5.56 Å². The van der Waals surface area contributed by atoms with Gasteiger partial charge in [0, 0.05) is 18.1 Å². The van der Waals surface area contributed by atoms with Gasteiger partial charge >= 0.3 is 0 Å². The Kier molecular flexibility index (Phi) is 3.59. The highest BCUT2D eigenvalue weighted by molar-refractivity contribution is 6.30. The van der Waals surface area contributed by atoms with E-state index in [2.05, 4.69) is 5.32 Å². The summed E-state index contributed by atoms with van der Waals surface area (Å²) < 4.78 is 5.59. The Bertz CT molecular complexity index is 315. The normalized spacial score (nSPS) is 25.7. The number of hydrogen-bond donors (Lipinski definition) is 2. The minimum atomic E-state index is -0.391. The maximum absolute atomic E-state index is 9.50. The van der Waals surface area contributed by atoms with E-state index in [-0.39, 0.29) is 6.10 Å². The lowest BCUT2D eigenvalue weighted by Gasteiger charge is -2.14. The molecule has 1 aliphatic rings. The Morgan fingerprint density at radius 2 is 2.07 bits per heavy atom. The first-order valence-corrected chi connectivity index (χ1v) is 5.38. The molecule has 0 radical (unpaired) electrons. The van der Waals surface area contributed by atoms with Crippen molar-refractivity contribution in [2.45, 2.75) is 18.8 Å². The van der Waals surface area contributed by atoms with Gasteiger partial charge in [0.25, 0.3) is 0 Å². The number of β-amino-alcohol motifs (C(OH)–C–C–N with tert-alkyl or cyclic N) is 1. The Balaban J connectivity index is 1.85. The fraction of sp³-hybridized carbons (Fsp3) is 0.455. The molecule has 4 heteroatoms. The first-order valence-electron chi connectivity index (χ1n) is 5.00. The summed E-state index contributed by atoms with van der Waals surface area (Å²) >= 11 is 5.77. The molecule has 1 saturated heterocycles. The molecule has 0 aliphatic carbocycles. The summed E-state index contributed by atoms with van der Waals surface area (Å²) in [6.07, 6.45) is -0.488. The van der Waals surface area contributed by atoms with Gasteiger partial charge in [-0.1, -0.05) is 23.7 Å². The average Bonchev–Trinajstić information content (AvgIpc) is 2.63. The monoisotopic (exact) mass is 227 g/mol. The van der Waals surface area contributed by atoms with E-state index < -0.39 is 6.10 Å². The summed E-state index contributed by atoms with van der Waals surface area (Å²) in [6.45, 7) is 1.85. The zero-order valence-corrected chi connectivity index (χ0v) is 9.07. The van der Waals surface area contributed by atoms with Crippen LogP contribution in [0.2, 0.25) is 5.02 Å². The van der Waals surface area contributed by atoms with E-state index in [0.29, 0.717) is 13.2 Å². The fourth-order valence-electron chi connectivity index (χ4n) is 1.59. The van der Waals surface area contributed by atoms with E-state index in [1.54, 1.807) is 0 Å². The van der Waals surface area contributed by atoms with Gasteiger partial charge in [-0.15, -0.1) is 0 Å². The van der Waals surface area contributed by atoms with Crippen molar-refractivity contribution in [2.24, 2.45) is 0 Å². The van der Waals surface area contributed by atoms with E-state index in [0.717, 1.165) is 17.1 Å². The van der Waals surface area contributed by atoms with Crippen LogP contribution in [0, 0.1) is 0 Å². The van der Waals surface area contributed by atoms with Crippen molar-refractivity contribution in [3.8, 4) is 0 Å². The first kappa shape index (κ1) is 10.9. The Morgan fingerprint density at radius 1 is 1.33 bits per heavy atom. The number of ether oxygens (including phenoxy) is 1. The van der Waals surface area contributed by atoms with Crippen molar-refractivity contribution < 1.29 is 9.84 Å². The van der Waals surface area contributed by atoms with Gasteiger partial charge in [0.2, 0.25) is 0 Å². The zero-order chi connectivity index (χ0) is 10.7. The topological polar surface area (TPSA) is 41.5 Å². The molecule has 1 heterocycles. The molecule has 0 amide bonds. The third kappa shape index (κ3) is 2.92. The molecule has 0 spiro atoms. The minimum Gasteiger partial charge on any atom is -0.389 e. The molecule has 0 bridgehead atoms. The molecule has 2 N–H and O–H groups in total. The maximum atomic E-state index is 9.50. The SMILES string of the molecule is OC1CNCC1OCc1ccc(Cl)cc1. The smallest absolute Gasteiger partial charge is 0.0974 e. The lowest BCUT2D eigenvalue weighted by Crippen LogP contribution is -2.26. The van der Waals surface area contributed by atoms with E-state index in [4.69, 9.17) is 16.3 Å². The van der Waals surface area contributed by atoms with Crippen LogP contribution in [0.3, 0.4) is 0 Å². The third-order valence-corrected chi connectivity index (χ3v) is 2.76. The predicted octanol–water partition coefficient (Wildman–Crippen LogP) is 1.19. The van der Waals surface area contributed by atoms with Crippen LogP contribution >= 0.6 is 11.6 Å². The Labute approximate surface area is 94.0 Å². The zero-order valence-electron chi connectivity index (χ0n) is 8.32. The van der Waals surface area contributed by atoms with Gasteiger partial charge in [-0.3, -0.25) is 0 Å². The molecular weight excluding hydrogens is 214 g/mol. The second-order valence-electron chi connectivity index (χ2n) is 3.70. The van der Waals surface area contributed by atoms with Gasteiger partial charge in [0.15, 0.2) is 0 Å². The van der Waals surface area contributed by atoms with E-state index in [1.807, 2.05) is 24.3 Å². The van der Waals surface area contributed by atoms with E-state index >= 15 is 0 Å². The number of benzene rings is 1. The number of halogens is 1. The number of aliphatic hydroxyl groups excluding tert-OH is 1. The average molecular weight is 228 g/mol. The number of nitrogens with one attached hydrogen (secondary N) is 1. The van der Waals surface area contributed by atoms with E-state index in [9.17, 15) is 5.11 Å². The first-order chi connectivity index (χ1) is 7.25. The van der Waals surface area contributed by atoms with Gasteiger partial charge in [0.1, 0.15) is 0 Å². The second kappa shape index (κ2) is 4.94. The summed E-state index contributed by atoms with van der Waals surface area (Å²) in [5, 5.41) is 13.3. The highest BCUT2D eigenvalue weighted by atomic mass is 35.5. The largest absolute Gasteiger partial charge is 0.389 e. The molecule has 1 aromatic rings. The second-order valence-corrected chi connectivity index (χ2v) is 4.14. The van der Waals surface area contributed by atoms with Crippen molar-refractivity contribution >= 4 is 11.6 Å². The minimum absolute atomic E-state index is 0.0966. The summed E-state index contributed by atoms with van der Waals surface area (Å²) in [5.74, 6) is 0. The predicted molar refractivity (Wildman–Crippen MR) is 58.9 cm³/mol. The van der Waals surface area contributed by atoms with Crippen molar-refractivity contribution in [3.63, 3.8) is 0 Å². The van der Waals surface area contributed by atoms with Gasteiger partial charge in [-0.05, 0) is 17.7 Å². The van der Waals surface area contributed by atoms with Crippen molar-refractivity contribution in [3.05, 3.63) is 34.9 Å². The van der Waals surface area contributed by atoms with E-state index in [1.165, 1.54) is 0 Å². The number of hydrogen-bond acceptors (Lipinski definition) is 3. The Hall–Kier alpha value is -0.610. The van der Waals surface area contributed by atoms with Crippen molar-refractivity contribution in [2.75, 3.05) is 13.1 Å². The number of rotatable bonds is 3. The molecule has 1 fully saturated rings. The maximum Gasteiger partial charge on any atom is 0.0974 e. The molecule has 15 heavy (non-hydrogen) atoms. The molecule has 2 atom stereocenters. The molecule has 1 aromatic carbocycles. The lowest BCUT2D eigenvalue weighted by molar-refractivity contribution is -0.0169. The molecular formula is C11H14ClNO2. The van der Waals surface area contributed by atoms with Gasteiger partial charge in [0.05, 0.1) is 18.8 Å². The number of aliphatic hydroxyl groups is 1. The Morgan fingerprint density at radius 3 is 2.67 bits per heavy atom. The van der Waals surface area contributed by atoms with Gasteiger partial charge in [-0.2, -0.15) is 0 Å². The molecule has 3 nitrogen and oxygen atoms in total. The summed E-state index contributed by atoms with van der Waals surface area (Å²) in [5.41, 5.74) is 1.07. The van der Waals surface area contributed by atoms with Gasteiger partial charge < -0.3 is 15.2 Å². The fourth-order valence-corrected chi connectivity index (χ4v) is 1.72. The highest BCUT2D eigenvalue weighted by Gasteiger charge is 2.25. The standard InChI is InChI=1S/C11H14ClNO2/c12-9-3-1-8(2-4-9)7-15-11-6-13-5-10(11)14/h1-4,10-11,13-14H,5-7H2. The lowest BCUT2D eigenvalue weighted by atomic mass is 10.2. The van der Waals surface area contributed by atoms with Crippen LogP contribution in [0.25, 0.3) is 0 Å². The molecule has 82 valence electrons. The quantitative estimate of drug-likeness (QED) is 0.815. The van der Waals surface area contributed by atoms with Crippen LogP contribution in [0.4, 0.5) is 0 Å². The summed E-state index contributed by atoms with van der Waals surface area (Å²) in [4.78, 5) is 0. The van der Waals surface area contributed by atoms with Crippen LogP contribution < -0.4 is 5.32 Å². The molecule has 0 aromatic heterocycles. The molecule has 1 aliphatic heterocycles. The van der Waals surface area contributed by atoms with Crippen LogP contribution in [0.15, 0.2) is 24.3 Å². The van der Waals surface area contributed by atoms with Crippen LogP contribution in [0.5, 0.6) is 0 Å². The summed E-state index contributed by atoms with van der Waals surface area (Å²) in [7, 11) is 0. The van der Waals surface area contributed by atoms with Gasteiger partial charge in [-0.25, -0.2) is 0 Å². The highest BCUT2D eigenvalue weighted by Crippen LogP contribution is 2.12. The molecule has 2 rings (SSSR count).